The first-order chi connectivity index (χ1) is 10.4. The summed E-state index contributed by atoms with van der Waals surface area (Å²) in [6.07, 6.45) is 9.10. The van der Waals surface area contributed by atoms with Crippen LogP contribution in [0.1, 0.15) is 18.9 Å². The summed E-state index contributed by atoms with van der Waals surface area (Å²) in [7, 11) is -3.41. The number of allylic oxidation sites excluding steroid dienone is 1. The Balaban J connectivity index is 2.14. The van der Waals surface area contributed by atoms with Crippen LogP contribution >= 0.6 is 0 Å². The Morgan fingerprint density at radius 2 is 2.05 bits per heavy atom. The largest absolute Gasteiger partial charge is 0.273 e. The normalized spacial score (nSPS) is 18.6. The molecule has 0 aliphatic carbocycles. The number of carbonyl (C=O) groups excluding carboxylic acids is 1. The van der Waals surface area contributed by atoms with Gasteiger partial charge in [0.1, 0.15) is 5.75 Å². The fourth-order valence-electron chi connectivity index (χ4n) is 2.03. The number of terminal acetylenes is 1. The molecule has 6 heteroatoms. The zero-order chi connectivity index (χ0) is 16.2. The molecule has 114 valence electrons. The molecule has 1 unspecified atom stereocenters. The summed E-state index contributed by atoms with van der Waals surface area (Å²) in [6.45, 7) is 1.93. The minimum Gasteiger partial charge on any atom is -0.273 e. The molecule has 0 saturated heterocycles. The minimum atomic E-state index is -3.41. The Kier molecular flexibility index (Phi) is 4.78. The van der Waals surface area contributed by atoms with Crippen LogP contribution in [0.4, 0.5) is 0 Å². The van der Waals surface area contributed by atoms with Gasteiger partial charge in [-0.2, -0.15) is 5.10 Å². The van der Waals surface area contributed by atoms with Crippen LogP contribution < -0.4 is 5.43 Å². The lowest BCUT2D eigenvalue weighted by molar-refractivity contribution is -0.121. The van der Waals surface area contributed by atoms with Crippen LogP contribution in [0.15, 0.2) is 40.3 Å². The molecule has 5 nitrogen and oxygen atoms in total. The molecule has 1 amide bonds. The maximum absolute atomic E-state index is 11.8. The van der Waals surface area contributed by atoms with Gasteiger partial charge < -0.3 is 0 Å². The van der Waals surface area contributed by atoms with E-state index in [0.29, 0.717) is 6.42 Å². The highest BCUT2D eigenvalue weighted by Crippen LogP contribution is 2.15. The Labute approximate surface area is 130 Å². The van der Waals surface area contributed by atoms with Gasteiger partial charge in [0.2, 0.25) is 5.91 Å². The third kappa shape index (κ3) is 3.83. The van der Waals surface area contributed by atoms with Gasteiger partial charge in [0.05, 0.1) is 10.6 Å². The van der Waals surface area contributed by atoms with Crippen molar-refractivity contribution in [3.8, 4) is 12.3 Å². The second kappa shape index (κ2) is 6.58. The fraction of sp³-hybridized carbons (Fsp3) is 0.250. The van der Waals surface area contributed by atoms with E-state index in [0.717, 1.165) is 11.3 Å². The fourth-order valence-corrected chi connectivity index (χ4v) is 2.96. The van der Waals surface area contributed by atoms with E-state index in [-0.39, 0.29) is 22.5 Å². The Hall–Kier alpha value is -2.39. The summed E-state index contributed by atoms with van der Waals surface area (Å²) in [5.41, 5.74) is 4.06. The third-order valence-electron chi connectivity index (χ3n) is 3.27. The molecule has 2 rings (SSSR count). The summed E-state index contributed by atoms with van der Waals surface area (Å²) in [6, 6.07) is 6.46. The molecule has 1 aromatic carbocycles. The Bertz CT molecular complexity index is 769. The van der Waals surface area contributed by atoms with Crippen molar-refractivity contribution >= 4 is 27.5 Å². The molecular formula is C16H16N2O3S. The monoisotopic (exact) mass is 316 g/mol. The van der Waals surface area contributed by atoms with Gasteiger partial charge in [-0.3, -0.25) is 4.79 Å². The SMILES string of the molecule is C#CCS(=O)(=O)c1ccc(C=CC2=NNC(=O)CC2C)cc1. The van der Waals surface area contributed by atoms with Crippen molar-refractivity contribution in [2.75, 3.05) is 5.75 Å². The van der Waals surface area contributed by atoms with Crippen molar-refractivity contribution in [2.24, 2.45) is 11.0 Å². The van der Waals surface area contributed by atoms with Crippen LogP contribution in [0, 0.1) is 18.3 Å². The number of hydrogen-bond acceptors (Lipinski definition) is 4. The number of nitrogens with zero attached hydrogens (tertiary/aromatic N) is 1. The van der Waals surface area contributed by atoms with Gasteiger partial charge in [-0.05, 0) is 23.8 Å². The predicted molar refractivity (Wildman–Crippen MR) is 85.7 cm³/mol. The van der Waals surface area contributed by atoms with Crippen LogP contribution in [-0.4, -0.2) is 25.8 Å². The highest BCUT2D eigenvalue weighted by atomic mass is 32.2. The Morgan fingerprint density at radius 3 is 2.64 bits per heavy atom. The first-order valence-corrected chi connectivity index (χ1v) is 8.38. The molecule has 1 atom stereocenters. The topological polar surface area (TPSA) is 75.6 Å². The number of amides is 1. The standard InChI is InChI=1S/C16H16N2O3S/c1-3-10-22(20,21)14-7-4-13(5-8-14)6-9-15-12(2)11-16(19)18-17-15/h1,4-9,12H,10-11H2,2H3,(H,18,19). The van der Waals surface area contributed by atoms with Crippen LogP contribution in [0.2, 0.25) is 0 Å². The van der Waals surface area contributed by atoms with E-state index in [1.165, 1.54) is 12.1 Å². The third-order valence-corrected chi connectivity index (χ3v) is 4.80. The smallest absolute Gasteiger partial charge is 0.240 e. The van der Waals surface area contributed by atoms with Crippen molar-refractivity contribution in [1.82, 2.24) is 5.43 Å². The first kappa shape index (κ1) is 16.0. The maximum atomic E-state index is 11.8. The van der Waals surface area contributed by atoms with Crippen LogP contribution in [0.25, 0.3) is 6.08 Å². The van der Waals surface area contributed by atoms with E-state index < -0.39 is 9.84 Å². The van der Waals surface area contributed by atoms with E-state index in [1.807, 2.05) is 19.1 Å². The van der Waals surface area contributed by atoms with Crippen molar-refractivity contribution in [1.29, 1.82) is 0 Å². The van der Waals surface area contributed by atoms with Gasteiger partial charge in [0.15, 0.2) is 9.84 Å². The molecule has 0 spiro atoms. The quantitative estimate of drug-likeness (QED) is 0.858. The van der Waals surface area contributed by atoms with Crippen LogP contribution in [0.3, 0.4) is 0 Å². The van der Waals surface area contributed by atoms with E-state index in [4.69, 9.17) is 6.42 Å². The van der Waals surface area contributed by atoms with Crippen molar-refractivity contribution in [2.45, 2.75) is 18.2 Å². The average Bonchev–Trinajstić information content (AvgIpc) is 2.47. The predicted octanol–water partition coefficient (Wildman–Crippen LogP) is 1.62. The maximum Gasteiger partial charge on any atom is 0.240 e. The van der Waals surface area contributed by atoms with E-state index in [9.17, 15) is 13.2 Å². The molecule has 0 bridgehead atoms. The lowest BCUT2D eigenvalue weighted by atomic mass is 9.99. The number of benzene rings is 1. The molecule has 0 radical (unpaired) electrons. The van der Waals surface area contributed by atoms with Gasteiger partial charge in [-0.1, -0.05) is 31.1 Å². The van der Waals surface area contributed by atoms with Gasteiger partial charge in [-0.15, -0.1) is 6.42 Å². The van der Waals surface area contributed by atoms with Crippen LogP contribution in [0.5, 0.6) is 0 Å². The average molecular weight is 316 g/mol. The van der Waals surface area contributed by atoms with E-state index >= 15 is 0 Å². The molecule has 1 N–H and O–H groups in total. The van der Waals surface area contributed by atoms with Gasteiger partial charge in [0, 0.05) is 12.3 Å². The molecule has 0 saturated carbocycles. The molecule has 1 aromatic rings. The molecular weight excluding hydrogens is 300 g/mol. The Morgan fingerprint density at radius 1 is 1.36 bits per heavy atom. The molecule has 0 aromatic heterocycles. The first-order valence-electron chi connectivity index (χ1n) is 6.73. The number of sulfone groups is 1. The van der Waals surface area contributed by atoms with E-state index in [1.54, 1.807) is 12.1 Å². The molecule has 1 heterocycles. The van der Waals surface area contributed by atoms with Crippen molar-refractivity contribution in [3.63, 3.8) is 0 Å². The van der Waals surface area contributed by atoms with Gasteiger partial charge >= 0.3 is 0 Å². The lowest BCUT2D eigenvalue weighted by Crippen LogP contribution is -2.30. The zero-order valence-electron chi connectivity index (χ0n) is 12.1. The summed E-state index contributed by atoms with van der Waals surface area (Å²) < 4.78 is 23.6. The summed E-state index contributed by atoms with van der Waals surface area (Å²) in [5.74, 6) is 1.80. The van der Waals surface area contributed by atoms with Crippen molar-refractivity contribution < 1.29 is 13.2 Å². The molecule has 1 aliphatic rings. The number of carbonyl (C=O) groups is 1. The second-order valence-electron chi connectivity index (χ2n) is 5.04. The van der Waals surface area contributed by atoms with E-state index in [2.05, 4.69) is 16.4 Å². The molecule has 0 fully saturated rings. The summed E-state index contributed by atoms with van der Waals surface area (Å²) in [5, 5.41) is 4.00. The molecule has 22 heavy (non-hydrogen) atoms. The van der Waals surface area contributed by atoms with Crippen LogP contribution in [-0.2, 0) is 14.6 Å². The van der Waals surface area contributed by atoms with Gasteiger partial charge in [-0.25, -0.2) is 13.8 Å². The molecule has 1 aliphatic heterocycles. The number of nitrogens with one attached hydrogen (secondary N) is 1. The second-order valence-corrected chi connectivity index (χ2v) is 7.03. The summed E-state index contributed by atoms with van der Waals surface area (Å²) >= 11 is 0. The summed E-state index contributed by atoms with van der Waals surface area (Å²) in [4.78, 5) is 11.4. The number of hydrazone groups is 1. The zero-order valence-corrected chi connectivity index (χ0v) is 12.9. The number of rotatable bonds is 4. The highest BCUT2D eigenvalue weighted by Gasteiger charge is 2.18. The minimum absolute atomic E-state index is 0.0558. The number of hydrogen-bond donors (Lipinski definition) is 1. The van der Waals surface area contributed by atoms with Crippen molar-refractivity contribution in [3.05, 3.63) is 35.9 Å². The lowest BCUT2D eigenvalue weighted by Gasteiger charge is -2.16. The highest BCUT2D eigenvalue weighted by molar-refractivity contribution is 7.91. The van der Waals surface area contributed by atoms with Gasteiger partial charge in [0.25, 0.3) is 0 Å².